The first-order valence-corrected chi connectivity index (χ1v) is 20.7. The standard InChI is InChI=1S/C10H17O.2C10H20.C6H12O2.C6H12O.C5H9NO4.Y/c1-8(2)10(4)6-5-9(3)7-11;2*1-8(2)6-7-10(5)9(3)4;1-5(2)3-4-6(7)8;1-6(2)4-3-5-7;6-3(5(9)10)1-2-4(7)8;/h9H,5-6H2,1-4H3;2*8H,6-7H2,1-5H3;5H,3-4H2,1-2H3,(H,7,8);5-6H,3-4H2,1-2H3;3H,1-2,6H2,(H,7,8)(H,9,10);/q-1;;;;;;. The van der Waals surface area contributed by atoms with Gasteiger partial charge < -0.3 is 30.6 Å². The van der Waals surface area contributed by atoms with Crippen molar-refractivity contribution in [1.82, 2.24) is 0 Å². The summed E-state index contributed by atoms with van der Waals surface area (Å²) < 4.78 is 0. The fourth-order valence-electron chi connectivity index (χ4n) is 3.47. The summed E-state index contributed by atoms with van der Waals surface area (Å²) in [4.78, 5) is 49.6. The average Bonchev–Trinajstić information content (AvgIpc) is 3.09. The van der Waals surface area contributed by atoms with E-state index in [2.05, 4.69) is 104 Å². The Balaban J connectivity index is -0.000000105. The molecule has 0 fully saturated rings. The van der Waals surface area contributed by atoms with Crippen molar-refractivity contribution < 1.29 is 72.0 Å². The SMILES string of the molecule is CC(C)=C(C)CCC(C)C.CC(C)=C(C)CCC(C)C.CC(C)=C(C)CCC(C)[C-]=O.CC(C)CCC(=O)O.CC(C)CCC=O.NC(CCC(=O)O)C(=O)O.[Y]. The third kappa shape index (κ3) is 72.1. The third-order valence-electron chi connectivity index (χ3n) is 8.69. The van der Waals surface area contributed by atoms with Crippen LogP contribution in [0.3, 0.4) is 0 Å². The molecule has 0 aliphatic rings. The van der Waals surface area contributed by atoms with E-state index in [0.29, 0.717) is 18.3 Å². The fraction of sp³-hybridized carbons (Fsp3) is 0.766. The second-order valence-corrected chi connectivity index (χ2v) is 17.1. The zero-order valence-electron chi connectivity index (χ0n) is 40.1. The molecule has 9 nitrogen and oxygen atoms in total. The summed E-state index contributed by atoms with van der Waals surface area (Å²) in [6, 6.07) is -1.06. The molecule has 0 aromatic heterocycles. The molecule has 0 aliphatic heterocycles. The number of aliphatic carboxylic acids is 3. The molecule has 335 valence electrons. The van der Waals surface area contributed by atoms with Crippen LogP contribution in [0.2, 0.25) is 0 Å². The van der Waals surface area contributed by atoms with E-state index in [0.717, 1.165) is 50.2 Å². The first-order valence-electron chi connectivity index (χ1n) is 20.7. The molecule has 0 heterocycles. The molecule has 0 saturated heterocycles. The van der Waals surface area contributed by atoms with Crippen molar-refractivity contribution >= 4 is 30.5 Å². The summed E-state index contributed by atoms with van der Waals surface area (Å²) in [5.74, 6) is 0.0563. The van der Waals surface area contributed by atoms with Gasteiger partial charge in [0.15, 0.2) is 0 Å². The van der Waals surface area contributed by atoms with Crippen LogP contribution in [-0.2, 0) is 56.7 Å². The minimum Gasteiger partial charge on any atom is -0.542 e. The molecule has 0 amide bonds. The number of nitrogens with two attached hydrogens (primary N) is 1. The Morgan fingerprint density at radius 2 is 0.789 bits per heavy atom. The van der Waals surface area contributed by atoms with Gasteiger partial charge in [-0.25, -0.2) is 0 Å². The van der Waals surface area contributed by atoms with Gasteiger partial charge in [0.1, 0.15) is 12.3 Å². The quantitative estimate of drug-likeness (QED) is 0.0527. The smallest absolute Gasteiger partial charge is 0.320 e. The maximum absolute atomic E-state index is 10.1. The monoisotopic (exact) mass is 886 g/mol. The summed E-state index contributed by atoms with van der Waals surface area (Å²) >= 11 is 0. The number of rotatable bonds is 20. The summed E-state index contributed by atoms with van der Waals surface area (Å²) in [5.41, 5.74) is 13.9. The van der Waals surface area contributed by atoms with Crippen LogP contribution in [0.1, 0.15) is 202 Å². The van der Waals surface area contributed by atoms with Gasteiger partial charge in [0.05, 0.1) is 0 Å². The van der Waals surface area contributed by atoms with Gasteiger partial charge in [0, 0.05) is 52.0 Å². The summed E-state index contributed by atoms with van der Waals surface area (Å²) in [6.45, 7) is 38.8. The maximum Gasteiger partial charge on any atom is 0.320 e. The zero-order valence-corrected chi connectivity index (χ0v) is 42.9. The van der Waals surface area contributed by atoms with Gasteiger partial charge in [0.2, 0.25) is 0 Å². The van der Waals surface area contributed by atoms with Crippen LogP contribution in [-0.4, -0.2) is 51.8 Å². The van der Waals surface area contributed by atoms with Crippen molar-refractivity contribution in [2.45, 2.75) is 208 Å². The molecule has 0 spiro atoms. The van der Waals surface area contributed by atoms with E-state index >= 15 is 0 Å². The number of hydrogen-bond acceptors (Lipinski definition) is 6. The number of carboxylic acids is 3. The number of carboxylic acid groups (broad SMARTS) is 3. The van der Waals surface area contributed by atoms with Crippen molar-refractivity contribution in [2.75, 3.05) is 0 Å². The predicted octanol–water partition coefficient (Wildman–Crippen LogP) is 12.8. The van der Waals surface area contributed by atoms with Gasteiger partial charge in [-0.1, -0.05) is 102 Å². The molecule has 0 aromatic rings. The van der Waals surface area contributed by atoms with Crippen LogP contribution in [0, 0.1) is 29.6 Å². The molecule has 2 unspecified atom stereocenters. The van der Waals surface area contributed by atoms with Crippen molar-refractivity contribution in [1.29, 1.82) is 0 Å². The maximum atomic E-state index is 10.1. The van der Waals surface area contributed by atoms with E-state index in [1.54, 1.807) is 11.1 Å². The molecule has 0 saturated carbocycles. The molecule has 10 heteroatoms. The Hall–Kier alpha value is -1.97. The fourth-order valence-corrected chi connectivity index (χ4v) is 3.47. The molecule has 0 bridgehead atoms. The number of allylic oxidation sites excluding steroid dienone is 6. The average molecular weight is 886 g/mol. The summed E-state index contributed by atoms with van der Waals surface area (Å²) in [6.07, 6.45) is 12.8. The Labute approximate surface area is 376 Å². The van der Waals surface area contributed by atoms with Gasteiger partial charge in [0.25, 0.3) is 0 Å². The van der Waals surface area contributed by atoms with Crippen LogP contribution in [0.15, 0.2) is 33.4 Å². The van der Waals surface area contributed by atoms with E-state index < -0.39 is 23.9 Å². The second-order valence-electron chi connectivity index (χ2n) is 17.1. The van der Waals surface area contributed by atoms with Crippen molar-refractivity contribution in [3.05, 3.63) is 33.4 Å². The van der Waals surface area contributed by atoms with Crippen molar-refractivity contribution in [3.63, 3.8) is 0 Å². The minimum atomic E-state index is -1.17. The first kappa shape index (κ1) is 69.6. The largest absolute Gasteiger partial charge is 0.542 e. The van der Waals surface area contributed by atoms with Gasteiger partial charge in [-0.05, 0) is 137 Å². The van der Waals surface area contributed by atoms with Crippen LogP contribution in [0.5, 0.6) is 0 Å². The van der Waals surface area contributed by atoms with E-state index in [-0.39, 0.29) is 51.5 Å². The van der Waals surface area contributed by atoms with Crippen LogP contribution < -0.4 is 5.73 Å². The molecule has 57 heavy (non-hydrogen) atoms. The molecular formula is C47H90NO8Y-. The molecule has 0 aromatic carbocycles. The molecule has 0 rings (SSSR count). The van der Waals surface area contributed by atoms with E-state index in [4.69, 9.17) is 21.1 Å². The summed E-state index contributed by atoms with van der Waals surface area (Å²) in [5, 5.41) is 24.4. The van der Waals surface area contributed by atoms with Crippen molar-refractivity contribution in [3.8, 4) is 0 Å². The Bertz CT molecular complexity index is 1080. The number of carbonyl (C=O) groups is 4. The van der Waals surface area contributed by atoms with Gasteiger partial charge in [-0.3, -0.25) is 20.7 Å². The number of hydrogen-bond donors (Lipinski definition) is 4. The topological polar surface area (TPSA) is 172 Å². The predicted molar refractivity (Wildman–Crippen MR) is 239 cm³/mol. The second kappa shape index (κ2) is 46.7. The molecular weight excluding hydrogens is 795 g/mol. The van der Waals surface area contributed by atoms with Crippen LogP contribution in [0.25, 0.3) is 0 Å². The van der Waals surface area contributed by atoms with E-state index in [1.165, 1.54) is 48.0 Å². The minimum absolute atomic E-state index is 0. The Kier molecular flexibility index (Phi) is 57.1. The number of carbonyl (C=O) groups excluding carboxylic acids is 2. The molecule has 0 aliphatic carbocycles. The molecule has 5 N–H and O–H groups in total. The van der Waals surface area contributed by atoms with Gasteiger partial charge in [-0.2, -0.15) is 0 Å². The third-order valence-corrected chi connectivity index (χ3v) is 8.69. The number of aldehydes is 1. The van der Waals surface area contributed by atoms with Crippen LogP contribution in [0.4, 0.5) is 0 Å². The van der Waals surface area contributed by atoms with Gasteiger partial charge >= 0.3 is 17.9 Å². The Morgan fingerprint density at radius 1 is 0.509 bits per heavy atom. The molecule has 1 radical (unpaired) electrons. The van der Waals surface area contributed by atoms with Gasteiger partial charge in [-0.15, -0.1) is 5.92 Å². The van der Waals surface area contributed by atoms with Crippen molar-refractivity contribution in [2.24, 2.45) is 35.3 Å². The normalized spacial score (nSPS) is 10.7. The Morgan fingerprint density at radius 3 is 0.982 bits per heavy atom. The molecule has 2 atom stereocenters. The first-order chi connectivity index (χ1) is 25.6. The van der Waals surface area contributed by atoms with E-state index in [1.807, 2.05) is 27.1 Å². The zero-order chi connectivity index (χ0) is 45.6. The summed E-state index contributed by atoms with van der Waals surface area (Å²) in [7, 11) is 0. The van der Waals surface area contributed by atoms with E-state index in [9.17, 15) is 24.0 Å². The van der Waals surface area contributed by atoms with Crippen LogP contribution >= 0.6 is 0 Å².